The summed E-state index contributed by atoms with van der Waals surface area (Å²) in [5, 5.41) is 2.21. The molecule has 0 saturated heterocycles. The van der Waals surface area contributed by atoms with Crippen molar-refractivity contribution in [2.24, 2.45) is 0 Å². The molecule has 0 radical (unpaired) electrons. The Bertz CT molecular complexity index is 1330. The van der Waals surface area contributed by atoms with E-state index in [1.807, 2.05) is 36.4 Å². The van der Waals surface area contributed by atoms with Gasteiger partial charge in [0, 0.05) is 16.5 Å². The molecule has 30 heavy (non-hydrogen) atoms. The second-order valence-corrected chi connectivity index (χ2v) is 7.10. The Morgan fingerprint density at radius 2 is 1.20 bits per heavy atom. The van der Waals surface area contributed by atoms with Crippen molar-refractivity contribution in [2.75, 3.05) is 0 Å². The molecule has 0 amide bonds. The number of para-hydroxylation sites is 2. The summed E-state index contributed by atoms with van der Waals surface area (Å²) in [4.78, 5) is 0. The first-order valence-electron chi connectivity index (χ1n) is 9.39. The van der Waals surface area contributed by atoms with E-state index in [2.05, 4.69) is 16.7 Å². The molecule has 0 N–H and O–H groups in total. The molecule has 4 aromatic carbocycles. The summed E-state index contributed by atoms with van der Waals surface area (Å²) < 4.78 is 55.7. The smallest absolute Gasteiger partial charge is 0.309 e. The number of aromatic nitrogens is 1. The fourth-order valence-electron chi connectivity index (χ4n) is 3.99. The molecule has 0 unspecified atom stereocenters. The maximum atomic E-state index is 13.4. The second kappa shape index (κ2) is 6.73. The highest BCUT2D eigenvalue weighted by atomic mass is 19.4. The van der Waals surface area contributed by atoms with Gasteiger partial charge in [0.25, 0.3) is 0 Å². The number of nitrogens with zero attached hydrogens (tertiary/aromatic N) is 1. The lowest BCUT2D eigenvalue weighted by molar-refractivity contribution is -0.137. The number of hydrogen-bond donors (Lipinski definition) is 0. The number of benzene rings is 4. The standard InChI is InChI=1S/C25H15F4N/c26-17-11-14-19(22(15-17)25(27,28)29)16-9-12-18(13-10-16)30-23-7-3-1-5-20(23)21-6-2-4-8-24(21)30/h1-15H. The van der Waals surface area contributed by atoms with Crippen LogP contribution >= 0.6 is 0 Å². The van der Waals surface area contributed by atoms with Crippen molar-refractivity contribution in [1.29, 1.82) is 0 Å². The summed E-state index contributed by atoms with van der Waals surface area (Å²) in [6.45, 7) is 0. The molecule has 0 aliphatic heterocycles. The van der Waals surface area contributed by atoms with E-state index in [0.29, 0.717) is 11.6 Å². The molecule has 1 nitrogen and oxygen atoms in total. The van der Waals surface area contributed by atoms with Gasteiger partial charge in [0.15, 0.2) is 0 Å². The van der Waals surface area contributed by atoms with Gasteiger partial charge in [0.1, 0.15) is 5.82 Å². The van der Waals surface area contributed by atoms with E-state index in [0.717, 1.165) is 33.6 Å². The SMILES string of the molecule is Fc1ccc(-c2ccc(-n3c4ccccc4c4ccccc43)cc2)c(C(F)(F)F)c1. The molecular weight excluding hydrogens is 390 g/mol. The van der Waals surface area contributed by atoms with Crippen LogP contribution in [0.4, 0.5) is 17.6 Å². The van der Waals surface area contributed by atoms with Gasteiger partial charge in [-0.05, 0) is 47.5 Å². The van der Waals surface area contributed by atoms with Crippen LogP contribution in [-0.4, -0.2) is 4.57 Å². The second-order valence-electron chi connectivity index (χ2n) is 7.10. The Morgan fingerprint density at radius 1 is 0.633 bits per heavy atom. The lowest BCUT2D eigenvalue weighted by atomic mass is 9.99. The molecule has 5 heteroatoms. The lowest BCUT2D eigenvalue weighted by Crippen LogP contribution is -2.07. The molecule has 5 aromatic rings. The Morgan fingerprint density at radius 3 is 1.77 bits per heavy atom. The van der Waals surface area contributed by atoms with Crippen LogP contribution in [-0.2, 0) is 6.18 Å². The van der Waals surface area contributed by atoms with Crippen molar-refractivity contribution in [3.63, 3.8) is 0 Å². The van der Waals surface area contributed by atoms with E-state index in [9.17, 15) is 17.6 Å². The molecule has 0 fully saturated rings. The zero-order valence-electron chi connectivity index (χ0n) is 15.6. The summed E-state index contributed by atoms with van der Waals surface area (Å²) in [5.74, 6) is -0.909. The van der Waals surface area contributed by atoms with Crippen molar-refractivity contribution in [1.82, 2.24) is 4.57 Å². The minimum Gasteiger partial charge on any atom is -0.309 e. The quantitative estimate of drug-likeness (QED) is 0.266. The first kappa shape index (κ1) is 18.4. The van der Waals surface area contributed by atoms with Gasteiger partial charge in [0.05, 0.1) is 16.6 Å². The van der Waals surface area contributed by atoms with Crippen LogP contribution in [0, 0.1) is 5.82 Å². The molecule has 0 aliphatic carbocycles. The van der Waals surface area contributed by atoms with Crippen molar-refractivity contribution in [2.45, 2.75) is 6.18 Å². The van der Waals surface area contributed by atoms with E-state index in [4.69, 9.17) is 0 Å². The molecule has 0 saturated carbocycles. The molecule has 0 spiro atoms. The average molecular weight is 405 g/mol. The highest BCUT2D eigenvalue weighted by Gasteiger charge is 2.34. The fourth-order valence-corrected chi connectivity index (χ4v) is 3.99. The average Bonchev–Trinajstić information content (AvgIpc) is 3.08. The van der Waals surface area contributed by atoms with Crippen LogP contribution in [0.1, 0.15) is 5.56 Å². The maximum absolute atomic E-state index is 13.4. The molecule has 0 aliphatic rings. The minimum absolute atomic E-state index is 0.0438. The van der Waals surface area contributed by atoms with Gasteiger partial charge in [0.2, 0.25) is 0 Å². The number of hydrogen-bond acceptors (Lipinski definition) is 0. The zero-order valence-corrected chi connectivity index (χ0v) is 15.6. The summed E-state index contributed by atoms with van der Waals surface area (Å²) in [5.41, 5.74) is 2.23. The normalized spacial score (nSPS) is 12.0. The summed E-state index contributed by atoms with van der Waals surface area (Å²) in [6.07, 6.45) is -4.64. The minimum atomic E-state index is -4.64. The van der Waals surface area contributed by atoms with Crippen LogP contribution in [0.5, 0.6) is 0 Å². The van der Waals surface area contributed by atoms with E-state index < -0.39 is 17.6 Å². The van der Waals surface area contributed by atoms with Gasteiger partial charge in [-0.2, -0.15) is 13.2 Å². The predicted octanol–water partition coefficient (Wildman–Crippen LogP) is 7.61. The fraction of sp³-hybridized carbons (Fsp3) is 0.0400. The van der Waals surface area contributed by atoms with E-state index in [1.165, 1.54) is 6.07 Å². The zero-order chi connectivity index (χ0) is 20.9. The number of halogens is 4. The molecule has 5 rings (SSSR count). The lowest BCUT2D eigenvalue weighted by Gasteiger charge is -2.14. The Kier molecular flexibility index (Phi) is 4.13. The van der Waals surface area contributed by atoms with Crippen molar-refractivity contribution in [3.8, 4) is 16.8 Å². The Balaban J connectivity index is 1.68. The topological polar surface area (TPSA) is 4.93 Å². The molecule has 1 aromatic heterocycles. The van der Waals surface area contributed by atoms with Gasteiger partial charge in [-0.15, -0.1) is 0 Å². The van der Waals surface area contributed by atoms with Crippen molar-refractivity contribution < 1.29 is 17.6 Å². The van der Waals surface area contributed by atoms with Gasteiger partial charge < -0.3 is 4.57 Å². The highest BCUT2D eigenvalue weighted by molar-refractivity contribution is 6.09. The molecule has 148 valence electrons. The van der Waals surface area contributed by atoms with E-state index in [1.54, 1.807) is 24.3 Å². The Labute approximate surface area is 169 Å². The first-order valence-corrected chi connectivity index (χ1v) is 9.39. The summed E-state index contributed by atoms with van der Waals surface area (Å²) in [6, 6.07) is 25.6. The van der Waals surface area contributed by atoms with Crippen molar-refractivity contribution in [3.05, 3.63) is 102 Å². The van der Waals surface area contributed by atoms with Crippen LogP contribution in [0.2, 0.25) is 0 Å². The maximum Gasteiger partial charge on any atom is 0.417 e. The highest BCUT2D eigenvalue weighted by Crippen LogP contribution is 2.38. The Hall–Kier alpha value is -3.60. The van der Waals surface area contributed by atoms with Crippen LogP contribution in [0.15, 0.2) is 91.0 Å². The number of rotatable bonds is 2. The largest absolute Gasteiger partial charge is 0.417 e. The van der Waals surface area contributed by atoms with Crippen molar-refractivity contribution >= 4 is 21.8 Å². The third-order valence-electron chi connectivity index (χ3n) is 5.30. The van der Waals surface area contributed by atoms with Gasteiger partial charge in [-0.25, -0.2) is 4.39 Å². The van der Waals surface area contributed by atoms with Gasteiger partial charge >= 0.3 is 6.18 Å². The number of alkyl halides is 3. The molecule has 1 heterocycles. The molecule has 0 atom stereocenters. The summed E-state index contributed by atoms with van der Waals surface area (Å²) in [7, 11) is 0. The molecular formula is C25H15F4N. The van der Waals surface area contributed by atoms with Crippen LogP contribution in [0.25, 0.3) is 38.6 Å². The van der Waals surface area contributed by atoms with E-state index >= 15 is 0 Å². The molecule has 0 bridgehead atoms. The van der Waals surface area contributed by atoms with Gasteiger partial charge in [-0.1, -0.05) is 54.6 Å². The monoisotopic (exact) mass is 405 g/mol. The third-order valence-corrected chi connectivity index (χ3v) is 5.30. The summed E-state index contributed by atoms with van der Waals surface area (Å²) >= 11 is 0. The first-order chi connectivity index (χ1) is 14.4. The third kappa shape index (κ3) is 2.94. The van der Waals surface area contributed by atoms with Gasteiger partial charge in [-0.3, -0.25) is 0 Å². The van der Waals surface area contributed by atoms with Crippen LogP contribution in [0.3, 0.4) is 0 Å². The number of fused-ring (bicyclic) bond motifs is 3. The van der Waals surface area contributed by atoms with Crippen LogP contribution < -0.4 is 0 Å². The predicted molar refractivity (Wildman–Crippen MR) is 111 cm³/mol. The van der Waals surface area contributed by atoms with E-state index in [-0.39, 0.29) is 5.56 Å².